The Bertz CT molecular complexity index is 475. The lowest BCUT2D eigenvalue weighted by Gasteiger charge is -2.36. The number of amides is 1. The zero-order valence-electron chi connectivity index (χ0n) is 13.4. The van der Waals surface area contributed by atoms with E-state index in [1.54, 1.807) is 23.5 Å². The molecule has 1 aromatic rings. The van der Waals surface area contributed by atoms with Gasteiger partial charge in [0.15, 0.2) is 0 Å². The van der Waals surface area contributed by atoms with E-state index in [4.69, 9.17) is 9.47 Å². The van der Waals surface area contributed by atoms with Crippen LogP contribution in [0.2, 0.25) is 0 Å². The fraction of sp³-hybridized carbons (Fsp3) is 0.667. The molecule has 1 amide bonds. The van der Waals surface area contributed by atoms with Crippen LogP contribution in [0.25, 0.3) is 0 Å². The van der Waals surface area contributed by atoms with E-state index in [9.17, 15) is 4.79 Å². The largest absolute Gasteiger partial charge is 0.444 e. The van der Waals surface area contributed by atoms with E-state index in [-0.39, 0.29) is 12.1 Å². The molecule has 2 rings (SSSR count). The van der Waals surface area contributed by atoms with Crippen molar-refractivity contribution in [3.63, 3.8) is 0 Å². The van der Waals surface area contributed by atoms with Gasteiger partial charge in [0.25, 0.3) is 0 Å². The summed E-state index contributed by atoms with van der Waals surface area (Å²) >= 11 is 0. The SMILES string of the molecule is CC(C)(C)OC(=O)N1CCOCC1CNCc1cnccn1. The van der Waals surface area contributed by atoms with Crippen LogP contribution in [0.15, 0.2) is 18.6 Å². The molecular formula is C15H24N4O3. The molecule has 22 heavy (non-hydrogen) atoms. The highest BCUT2D eigenvalue weighted by atomic mass is 16.6. The van der Waals surface area contributed by atoms with Gasteiger partial charge in [0, 0.05) is 38.2 Å². The number of carbonyl (C=O) groups excluding carboxylic acids is 1. The van der Waals surface area contributed by atoms with Gasteiger partial charge in [-0.05, 0) is 20.8 Å². The van der Waals surface area contributed by atoms with Crippen LogP contribution in [0.1, 0.15) is 26.5 Å². The fourth-order valence-electron chi connectivity index (χ4n) is 2.17. The molecule has 1 aliphatic heterocycles. The van der Waals surface area contributed by atoms with Crippen molar-refractivity contribution in [2.24, 2.45) is 0 Å². The van der Waals surface area contributed by atoms with E-state index in [1.165, 1.54) is 0 Å². The average Bonchev–Trinajstić information content (AvgIpc) is 2.47. The van der Waals surface area contributed by atoms with Gasteiger partial charge in [0.1, 0.15) is 5.60 Å². The first-order chi connectivity index (χ1) is 10.5. The van der Waals surface area contributed by atoms with Crippen molar-refractivity contribution >= 4 is 6.09 Å². The first kappa shape index (κ1) is 16.6. The molecule has 1 fully saturated rings. The smallest absolute Gasteiger partial charge is 0.410 e. The van der Waals surface area contributed by atoms with Crippen LogP contribution in [0.5, 0.6) is 0 Å². The second-order valence-electron chi connectivity index (χ2n) is 6.23. The van der Waals surface area contributed by atoms with Gasteiger partial charge in [-0.1, -0.05) is 0 Å². The minimum atomic E-state index is -0.493. The first-order valence-electron chi connectivity index (χ1n) is 7.49. The standard InChI is InChI=1S/C15H24N4O3/c1-15(2,3)22-14(20)19-6-7-21-11-13(19)10-17-9-12-8-16-4-5-18-12/h4-5,8,13,17H,6-7,9-11H2,1-3H3. The number of ether oxygens (including phenoxy) is 2. The second-order valence-corrected chi connectivity index (χ2v) is 6.23. The molecule has 0 radical (unpaired) electrons. The molecule has 0 saturated carbocycles. The van der Waals surface area contributed by atoms with Crippen LogP contribution in [0, 0.1) is 0 Å². The highest BCUT2D eigenvalue weighted by molar-refractivity contribution is 5.68. The van der Waals surface area contributed by atoms with Gasteiger partial charge in [0.05, 0.1) is 24.9 Å². The minimum Gasteiger partial charge on any atom is -0.444 e. The highest BCUT2D eigenvalue weighted by Crippen LogP contribution is 2.14. The summed E-state index contributed by atoms with van der Waals surface area (Å²) in [5.74, 6) is 0. The Kier molecular flexibility index (Phi) is 5.68. The summed E-state index contributed by atoms with van der Waals surface area (Å²) in [5.41, 5.74) is 0.371. The zero-order chi connectivity index (χ0) is 16.0. The topological polar surface area (TPSA) is 76.6 Å². The number of hydrogen-bond donors (Lipinski definition) is 1. The summed E-state index contributed by atoms with van der Waals surface area (Å²) < 4.78 is 10.9. The predicted octanol–water partition coefficient (Wildman–Crippen LogP) is 1.20. The van der Waals surface area contributed by atoms with Gasteiger partial charge >= 0.3 is 6.09 Å². The molecule has 0 aliphatic carbocycles. The third kappa shape index (κ3) is 5.23. The van der Waals surface area contributed by atoms with Gasteiger partial charge in [-0.15, -0.1) is 0 Å². The van der Waals surface area contributed by atoms with E-state index in [0.29, 0.717) is 32.8 Å². The summed E-state index contributed by atoms with van der Waals surface area (Å²) in [6.07, 6.45) is 4.73. The Hall–Kier alpha value is -1.73. The van der Waals surface area contributed by atoms with Gasteiger partial charge < -0.3 is 14.8 Å². The molecule has 1 unspecified atom stereocenters. The Morgan fingerprint density at radius 1 is 1.50 bits per heavy atom. The lowest BCUT2D eigenvalue weighted by molar-refractivity contribution is -0.0317. The molecule has 0 aromatic carbocycles. The molecular weight excluding hydrogens is 284 g/mol. The van der Waals surface area contributed by atoms with E-state index in [0.717, 1.165) is 5.69 Å². The number of nitrogens with one attached hydrogen (secondary N) is 1. The van der Waals surface area contributed by atoms with Crippen molar-refractivity contribution in [1.29, 1.82) is 0 Å². The van der Waals surface area contributed by atoms with Crippen LogP contribution < -0.4 is 5.32 Å². The van der Waals surface area contributed by atoms with Crippen molar-refractivity contribution in [1.82, 2.24) is 20.2 Å². The van der Waals surface area contributed by atoms with Crippen LogP contribution in [-0.2, 0) is 16.0 Å². The number of aromatic nitrogens is 2. The maximum atomic E-state index is 12.3. The summed E-state index contributed by atoms with van der Waals surface area (Å²) in [6, 6.07) is -0.0414. The summed E-state index contributed by atoms with van der Waals surface area (Å²) in [7, 11) is 0. The summed E-state index contributed by atoms with van der Waals surface area (Å²) in [5, 5.41) is 3.29. The second kappa shape index (κ2) is 7.51. The normalized spacial score (nSPS) is 19.0. The Labute approximate surface area is 131 Å². The maximum absolute atomic E-state index is 12.3. The molecule has 1 aromatic heterocycles. The molecule has 0 bridgehead atoms. The third-order valence-corrected chi connectivity index (χ3v) is 3.16. The third-order valence-electron chi connectivity index (χ3n) is 3.16. The van der Waals surface area contributed by atoms with Crippen molar-refractivity contribution in [3.05, 3.63) is 24.3 Å². The first-order valence-corrected chi connectivity index (χ1v) is 7.49. The van der Waals surface area contributed by atoms with Crippen molar-refractivity contribution in [3.8, 4) is 0 Å². The van der Waals surface area contributed by atoms with Gasteiger partial charge in [-0.25, -0.2) is 4.79 Å². The van der Waals surface area contributed by atoms with E-state index >= 15 is 0 Å². The summed E-state index contributed by atoms with van der Waals surface area (Å²) in [4.78, 5) is 22.2. The van der Waals surface area contributed by atoms with E-state index in [2.05, 4.69) is 15.3 Å². The predicted molar refractivity (Wildman–Crippen MR) is 81.3 cm³/mol. The monoisotopic (exact) mass is 308 g/mol. The molecule has 1 N–H and O–H groups in total. The lowest BCUT2D eigenvalue weighted by atomic mass is 10.2. The molecule has 7 nitrogen and oxygen atoms in total. The Morgan fingerprint density at radius 2 is 2.32 bits per heavy atom. The molecule has 122 valence electrons. The highest BCUT2D eigenvalue weighted by Gasteiger charge is 2.30. The van der Waals surface area contributed by atoms with E-state index in [1.807, 2.05) is 20.8 Å². The van der Waals surface area contributed by atoms with Crippen LogP contribution in [0.4, 0.5) is 4.79 Å². The lowest BCUT2D eigenvalue weighted by Crippen LogP contribution is -2.54. The van der Waals surface area contributed by atoms with Crippen LogP contribution >= 0.6 is 0 Å². The number of nitrogens with zero attached hydrogens (tertiary/aromatic N) is 3. The van der Waals surface area contributed by atoms with Gasteiger partial charge in [-0.3, -0.25) is 14.9 Å². The van der Waals surface area contributed by atoms with Gasteiger partial charge in [-0.2, -0.15) is 0 Å². The maximum Gasteiger partial charge on any atom is 0.410 e. The number of carbonyl (C=O) groups is 1. The van der Waals surface area contributed by atoms with Gasteiger partial charge in [0.2, 0.25) is 0 Å². The molecule has 1 saturated heterocycles. The molecule has 1 aliphatic rings. The Balaban J connectivity index is 1.85. The quantitative estimate of drug-likeness (QED) is 0.901. The molecule has 2 heterocycles. The van der Waals surface area contributed by atoms with Crippen LogP contribution in [-0.4, -0.2) is 58.9 Å². The fourth-order valence-corrected chi connectivity index (χ4v) is 2.17. The Morgan fingerprint density at radius 3 is 3.00 bits per heavy atom. The molecule has 7 heteroatoms. The number of hydrogen-bond acceptors (Lipinski definition) is 6. The zero-order valence-corrected chi connectivity index (χ0v) is 13.4. The van der Waals surface area contributed by atoms with Crippen molar-refractivity contribution in [2.75, 3.05) is 26.3 Å². The van der Waals surface area contributed by atoms with E-state index < -0.39 is 5.60 Å². The minimum absolute atomic E-state index is 0.0414. The van der Waals surface area contributed by atoms with Crippen molar-refractivity contribution < 1.29 is 14.3 Å². The van der Waals surface area contributed by atoms with Crippen molar-refractivity contribution in [2.45, 2.75) is 39.0 Å². The summed E-state index contributed by atoms with van der Waals surface area (Å²) in [6.45, 7) is 8.42. The average molecular weight is 308 g/mol. The molecule has 0 spiro atoms. The number of rotatable bonds is 4. The number of morpholine rings is 1. The molecule has 1 atom stereocenters. The van der Waals surface area contributed by atoms with Crippen LogP contribution in [0.3, 0.4) is 0 Å².